The lowest BCUT2D eigenvalue weighted by atomic mass is 9.98. The zero-order valence-electron chi connectivity index (χ0n) is 19.2. The molecule has 0 aromatic heterocycles. The van der Waals surface area contributed by atoms with E-state index >= 15 is 0 Å². The largest absolute Gasteiger partial charge is 0.439 e. The molecule has 2 heterocycles. The number of benzene rings is 1. The van der Waals surface area contributed by atoms with Crippen molar-refractivity contribution < 1.29 is 38.8 Å². The van der Waals surface area contributed by atoms with Crippen molar-refractivity contribution in [3.63, 3.8) is 0 Å². The number of unbranched alkanes of at least 4 members (excludes halogenated alkanes) is 3. The summed E-state index contributed by atoms with van der Waals surface area (Å²) >= 11 is 3.20. The first-order valence-electron chi connectivity index (χ1n) is 11.3. The fourth-order valence-electron chi connectivity index (χ4n) is 4.20. The Labute approximate surface area is 206 Å². The van der Waals surface area contributed by atoms with Gasteiger partial charge >= 0.3 is 6.09 Å². The van der Waals surface area contributed by atoms with E-state index in [1.165, 1.54) is 13.2 Å². The minimum atomic E-state index is -1.82. The maximum atomic E-state index is 13.4. The Bertz CT molecular complexity index is 923. The number of rotatable bonds is 10. The number of cyclic esters (lactones) is 1. The minimum Gasteiger partial charge on any atom is -0.439 e. The van der Waals surface area contributed by atoms with Crippen molar-refractivity contribution in [3.8, 4) is 0 Å². The number of aliphatic hydroxyl groups is 2. The topological polar surface area (TPSA) is 123 Å². The highest BCUT2D eigenvalue weighted by atomic mass is 79.9. The average Bonchev–Trinajstić information content (AvgIpc) is 3.12. The Morgan fingerprint density at radius 1 is 1.21 bits per heavy atom. The van der Waals surface area contributed by atoms with Crippen LogP contribution in [0.1, 0.15) is 50.7 Å². The van der Waals surface area contributed by atoms with Crippen LogP contribution in [0.25, 0.3) is 0 Å². The van der Waals surface area contributed by atoms with Gasteiger partial charge in [-0.05, 0) is 47.3 Å². The van der Waals surface area contributed by atoms with Gasteiger partial charge in [0.1, 0.15) is 6.10 Å². The van der Waals surface area contributed by atoms with Crippen LogP contribution in [0.3, 0.4) is 0 Å². The van der Waals surface area contributed by atoms with Crippen LogP contribution in [0.15, 0.2) is 40.9 Å². The van der Waals surface area contributed by atoms with Crippen molar-refractivity contribution in [3.05, 3.63) is 46.5 Å². The molecule has 1 aromatic rings. The zero-order chi connectivity index (χ0) is 24.9. The molecule has 5 atom stereocenters. The highest BCUT2D eigenvalue weighted by Gasteiger charge is 2.51. The summed E-state index contributed by atoms with van der Waals surface area (Å²) in [5, 5.41) is 20.0. The monoisotopic (exact) mass is 539 g/mol. The summed E-state index contributed by atoms with van der Waals surface area (Å²) < 4.78 is 16.7. The van der Waals surface area contributed by atoms with E-state index in [4.69, 9.17) is 19.3 Å². The van der Waals surface area contributed by atoms with Crippen molar-refractivity contribution in [2.24, 2.45) is 0 Å². The molecule has 2 aliphatic heterocycles. The molecule has 10 heteroatoms. The van der Waals surface area contributed by atoms with Gasteiger partial charge in [-0.15, -0.1) is 0 Å². The second-order valence-corrected chi connectivity index (χ2v) is 9.28. The number of ketones is 1. The average molecular weight is 540 g/mol. The van der Waals surface area contributed by atoms with E-state index in [0.29, 0.717) is 12.8 Å². The number of aliphatic hydroxyl groups excluding tert-OH is 1. The maximum Gasteiger partial charge on any atom is 0.417 e. The molecule has 2 aliphatic rings. The fourth-order valence-corrected chi connectivity index (χ4v) is 4.72. The number of carbonyl (C=O) groups is 3. The lowest BCUT2D eigenvalue weighted by molar-refractivity contribution is -0.227. The molecule has 1 saturated heterocycles. The molecular formula is C24H30BrNO8. The van der Waals surface area contributed by atoms with Gasteiger partial charge in [0.25, 0.3) is 5.91 Å². The van der Waals surface area contributed by atoms with Crippen LogP contribution in [0.2, 0.25) is 0 Å². The van der Waals surface area contributed by atoms with Gasteiger partial charge in [-0.25, -0.2) is 9.69 Å². The number of ether oxygens (including phenoxy) is 3. The van der Waals surface area contributed by atoms with Gasteiger partial charge in [-0.1, -0.05) is 43.2 Å². The first-order valence-corrected chi connectivity index (χ1v) is 12.1. The Balaban J connectivity index is 1.76. The number of amides is 2. The zero-order valence-corrected chi connectivity index (χ0v) is 20.8. The molecule has 2 amide bonds. The smallest absolute Gasteiger partial charge is 0.417 e. The van der Waals surface area contributed by atoms with Gasteiger partial charge in [-0.3, -0.25) is 9.59 Å². The van der Waals surface area contributed by atoms with Crippen molar-refractivity contribution in [2.45, 2.75) is 69.2 Å². The first-order chi connectivity index (χ1) is 16.2. The summed E-state index contributed by atoms with van der Waals surface area (Å²) in [6, 6.07) is 8.40. The highest BCUT2D eigenvalue weighted by Crippen LogP contribution is 2.38. The van der Waals surface area contributed by atoms with Gasteiger partial charge in [0, 0.05) is 20.1 Å². The molecule has 2 N–H and O–H groups in total. The van der Waals surface area contributed by atoms with Crippen LogP contribution < -0.4 is 0 Å². The third kappa shape index (κ3) is 5.58. The molecule has 3 rings (SSSR count). The van der Waals surface area contributed by atoms with Crippen LogP contribution >= 0.6 is 15.9 Å². The van der Waals surface area contributed by atoms with Gasteiger partial charge in [-0.2, -0.15) is 0 Å². The molecule has 34 heavy (non-hydrogen) atoms. The minimum absolute atomic E-state index is 0.0983. The van der Waals surface area contributed by atoms with Gasteiger partial charge in [0.2, 0.25) is 0 Å². The van der Waals surface area contributed by atoms with Crippen LogP contribution in [0.5, 0.6) is 0 Å². The molecule has 0 spiro atoms. The summed E-state index contributed by atoms with van der Waals surface area (Å²) in [5.41, 5.74) is 0.736. The van der Waals surface area contributed by atoms with E-state index in [1.807, 2.05) is 18.2 Å². The van der Waals surface area contributed by atoms with Crippen molar-refractivity contribution >= 4 is 33.7 Å². The molecule has 1 aromatic carbocycles. The summed E-state index contributed by atoms with van der Waals surface area (Å²) in [7, 11) is 1.24. The third-order valence-electron chi connectivity index (χ3n) is 6.08. The van der Waals surface area contributed by atoms with Crippen LogP contribution in [0, 0.1) is 0 Å². The van der Waals surface area contributed by atoms with Crippen molar-refractivity contribution in [1.29, 1.82) is 0 Å². The number of carbonyl (C=O) groups excluding carboxylic acids is 3. The Morgan fingerprint density at radius 3 is 2.53 bits per heavy atom. The summed E-state index contributed by atoms with van der Waals surface area (Å²) in [4.78, 5) is 39.7. The molecule has 0 saturated carbocycles. The molecule has 0 unspecified atom stereocenters. The predicted octanol–water partition coefficient (Wildman–Crippen LogP) is 2.99. The number of nitrogens with zero attached hydrogens (tertiary/aromatic N) is 1. The normalized spacial score (nSPS) is 28.0. The van der Waals surface area contributed by atoms with Crippen molar-refractivity contribution in [2.75, 3.05) is 13.7 Å². The molecule has 0 aliphatic carbocycles. The predicted molar refractivity (Wildman–Crippen MR) is 125 cm³/mol. The molecule has 0 bridgehead atoms. The standard InChI is InChI=1S/C24H30BrNO8/c1-15-19(16-10-6-5-7-11-16)33-23(30)26(15)22(29)21(32-2)20-17(28)14-18(25)24(31,34-20)12-8-3-4-9-13-27/h5-7,10-11,14-15,19-21,27,31H,3-4,8-9,12-13H2,1-2H3/t15-,19-,20+,21-,24+/m1/s1. The van der Waals surface area contributed by atoms with Gasteiger partial charge < -0.3 is 24.4 Å². The molecule has 9 nitrogen and oxygen atoms in total. The van der Waals surface area contributed by atoms with Crippen molar-refractivity contribution in [1.82, 2.24) is 4.90 Å². The van der Waals surface area contributed by atoms with E-state index < -0.39 is 47.9 Å². The lowest BCUT2D eigenvalue weighted by Gasteiger charge is -2.38. The van der Waals surface area contributed by atoms with E-state index in [2.05, 4.69) is 15.9 Å². The SMILES string of the molecule is CO[C@@H](C(=O)N1C(=O)O[C@@H](c2ccccc2)[C@H]1C)[C@H]1O[C@@](O)(CCCCCCO)C(Br)=CC1=O. The van der Waals surface area contributed by atoms with E-state index in [0.717, 1.165) is 23.3 Å². The van der Waals surface area contributed by atoms with Crippen LogP contribution in [-0.4, -0.2) is 70.7 Å². The summed E-state index contributed by atoms with van der Waals surface area (Å²) in [5.74, 6) is -3.18. The van der Waals surface area contributed by atoms with Crippen LogP contribution in [-0.2, 0) is 23.8 Å². The van der Waals surface area contributed by atoms with E-state index in [9.17, 15) is 19.5 Å². The number of halogens is 1. The quantitative estimate of drug-likeness (QED) is 0.435. The Hall–Kier alpha value is -2.11. The number of hydrogen-bond acceptors (Lipinski definition) is 8. The molecular weight excluding hydrogens is 510 g/mol. The van der Waals surface area contributed by atoms with E-state index in [-0.39, 0.29) is 17.5 Å². The second kappa shape index (κ2) is 11.5. The summed E-state index contributed by atoms with van der Waals surface area (Å²) in [6.45, 7) is 1.77. The molecule has 1 fully saturated rings. The van der Waals surface area contributed by atoms with Gasteiger partial charge in [0.15, 0.2) is 23.8 Å². The summed E-state index contributed by atoms with van der Waals surface area (Å²) in [6.07, 6.45) is -0.307. The first kappa shape index (κ1) is 26.5. The van der Waals surface area contributed by atoms with Crippen LogP contribution in [0.4, 0.5) is 4.79 Å². The third-order valence-corrected chi connectivity index (χ3v) is 6.92. The Kier molecular flexibility index (Phi) is 9.00. The molecule has 0 radical (unpaired) electrons. The number of hydrogen-bond donors (Lipinski definition) is 2. The second-order valence-electron chi connectivity index (χ2n) is 8.43. The highest BCUT2D eigenvalue weighted by molar-refractivity contribution is 9.11. The number of imide groups is 1. The van der Waals surface area contributed by atoms with Gasteiger partial charge in [0.05, 0.1) is 10.5 Å². The maximum absolute atomic E-state index is 13.4. The van der Waals surface area contributed by atoms with E-state index in [1.54, 1.807) is 19.1 Å². The Morgan fingerprint density at radius 2 is 1.88 bits per heavy atom. The fraction of sp³-hybridized carbons (Fsp3) is 0.542. The molecule has 186 valence electrons. The number of methoxy groups -OCH3 is 1. The lowest BCUT2D eigenvalue weighted by Crippen LogP contribution is -2.56.